The van der Waals surface area contributed by atoms with Crippen molar-refractivity contribution in [2.24, 2.45) is 0 Å². The molecular formula is C13H23N3O2S. The fraction of sp³-hybridized carbons (Fsp3) is 0.615. The summed E-state index contributed by atoms with van der Waals surface area (Å²) in [5.74, 6) is 0.0828. The minimum atomic E-state index is -3.25. The van der Waals surface area contributed by atoms with E-state index in [1.165, 1.54) is 0 Å². The highest BCUT2D eigenvalue weighted by molar-refractivity contribution is 7.89. The molecule has 0 atom stereocenters. The monoisotopic (exact) mass is 285 g/mol. The van der Waals surface area contributed by atoms with Crippen LogP contribution in [0, 0.1) is 0 Å². The molecule has 0 aliphatic carbocycles. The smallest absolute Gasteiger partial charge is 0.213 e. The number of pyridine rings is 1. The van der Waals surface area contributed by atoms with E-state index in [9.17, 15) is 8.42 Å². The second-order valence-electron chi connectivity index (χ2n) is 4.71. The van der Waals surface area contributed by atoms with Gasteiger partial charge in [0, 0.05) is 18.8 Å². The highest BCUT2D eigenvalue weighted by atomic mass is 32.2. The van der Waals surface area contributed by atoms with Gasteiger partial charge in [0.05, 0.1) is 18.0 Å². The maximum Gasteiger partial charge on any atom is 0.213 e. The summed E-state index contributed by atoms with van der Waals surface area (Å²) >= 11 is 0. The predicted octanol–water partition coefficient (Wildman–Crippen LogP) is 1.06. The van der Waals surface area contributed by atoms with Gasteiger partial charge in [0.15, 0.2) is 0 Å². The van der Waals surface area contributed by atoms with Gasteiger partial charge in [0.2, 0.25) is 10.0 Å². The Morgan fingerprint density at radius 2 is 2.11 bits per heavy atom. The van der Waals surface area contributed by atoms with E-state index in [0.717, 1.165) is 17.7 Å². The van der Waals surface area contributed by atoms with E-state index in [2.05, 4.69) is 15.0 Å². The topological polar surface area (TPSA) is 71.1 Å². The fourth-order valence-electron chi connectivity index (χ4n) is 1.68. The Balaban J connectivity index is 2.50. The number of hydrogen-bond donors (Lipinski definition) is 2. The third kappa shape index (κ3) is 6.13. The molecule has 0 amide bonds. The summed E-state index contributed by atoms with van der Waals surface area (Å²) in [5, 5.41) is 3.09. The third-order valence-corrected chi connectivity index (χ3v) is 4.07. The van der Waals surface area contributed by atoms with Crippen molar-refractivity contribution in [2.75, 3.05) is 12.3 Å². The lowest BCUT2D eigenvalue weighted by atomic mass is 10.1. The molecule has 0 spiro atoms. The van der Waals surface area contributed by atoms with Crippen molar-refractivity contribution in [3.05, 3.63) is 29.6 Å². The van der Waals surface area contributed by atoms with Gasteiger partial charge in [-0.1, -0.05) is 26.8 Å². The van der Waals surface area contributed by atoms with E-state index < -0.39 is 10.0 Å². The number of aromatic nitrogens is 1. The lowest BCUT2D eigenvalue weighted by Crippen LogP contribution is -2.34. The zero-order chi connectivity index (χ0) is 14.3. The van der Waals surface area contributed by atoms with Gasteiger partial charge in [0.1, 0.15) is 0 Å². The maximum absolute atomic E-state index is 11.8. The summed E-state index contributed by atoms with van der Waals surface area (Å²) in [6, 6.07) is 4.12. The SMILES string of the molecule is CCc1cccnc1CNS(=O)(=O)CCNC(C)C. The molecule has 0 unspecified atom stereocenters. The molecule has 0 fully saturated rings. The van der Waals surface area contributed by atoms with Crippen LogP contribution in [0.2, 0.25) is 0 Å². The average molecular weight is 285 g/mol. The van der Waals surface area contributed by atoms with E-state index in [-0.39, 0.29) is 18.3 Å². The summed E-state index contributed by atoms with van der Waals surface area (Å²) in [7, 11) is -3.25. The standard InChI is InChI=1S/C13H23N3O2S/c1-4-12-6-5-7-15-13(12)10-16-19(17,18)9-8-14-11(2)3/h5-7,11,14,16H,4,8-10H2,1-3H3. The molecule has 0 radical (unpaired) electrons. The van der Waals surface area contributed by atoms with Crippen LogP contribution in [-0.2, 0) is 23.0 Å². The van der Waals surface area contributed by atoms with E-state index in [1.54, 1.807) is 6.20 Å². The second-order valence-corrected chi connectivity index (χ2v) is 6.64. The van der Waals surface area contributed by atoms with Gasteiger partial charge in [-0.25, -0.2) is 13.1 Å². The van der Waals surface area contributed by atoms with Crippen molar-refractivity contribution >= 4 is 10.0 Å². The van der Waals surface area contributed by atoms with E-state index in [4.69, 9.17) is 0 Å². The van der Waals surface area contributed by atoms with Crippen molar-refractivity contribution < 1.29 is 8.42 Å². The molecule has 108 valence electrons. The number of nitrogens with one attached hydrogen (secondary N) is 2. The maximum atomic E-state index is 11.8. The minimum absolute atomic E-state index is 0.0828. The van der Waals surface area contributed by atoms with E-state index >= 15 is 0 Å². The van der Waals surface area contributed by atoms with Crippen LogP contribution in [0.5, 0.6) is 0 Å². The molecule has 0 saturated heterocycles. The van der Waals surface area contributed by atoms with Crippen molar-refractivity contribution in [1.82, 2.24) is 15.0 Å². The summed E-state index contributed by atoms with van der Waals surface area (Å²) in [6.07, 6.45) is 2.53. The Bertz CT molecular complexity index is 486. The van der Waals surface area contributed by atoms with Crippen LogP contribution >= 0.6 is 0 Å². The summed E-state index contributed by atoms with van der Waals surface area (Å²) in [5.41, 5.74) is 1.87. The summed E-state index contributed by atoms with van der Waals surface area (Å²) in [4.78, 5) is 4.22. The van der Waals surface area contributed by atoms with E-state index in [0.29, 0.717) is 6.54 Å². The Morgan fingerprint density at radius 1 is 1.37 bits per heavy atom. The number of aryl methyl sites for hydroxylation is 1. The third-order valence-electron chi connectivity index (χ3n) is 2.75. The molecule has 1 aromatic heterocycles. The van der Waals surface area contributed by atoms with Gasteiger partial charge >= 0.3 is 0 Å². The molecule has 5 nitrogen and oxygen atoms in total. The molecule has 6 heteroatoms. The molecule has 0 saturated carbocycles. The number of sulfonamides is 1. The van der Waals surface area contributed by atoms with Crippen LogP contribution in [0.25, 0.3) is 0 Å². The highest BCUT2D eigenvalue weighted by Gasteiger charge is 2.11. The molecule has 1 aromatic rings. The van der Waals surface area contributed by atoms with Gasteiger partial charge in [0.25, 0.3) is 0 Å². The first-order valence-electron chi connectivity index (χ1n) is 6.58. The lowest BCUT2D eigenvalue weighted by Gasteiger charge is -2.10. The van der Waals surface area contributed by atoms with Crippen LogP contribution in [-0.4, -0.2) is 31.7 Å². The highest BCUT2D eigenvalue weighted by Crippen LogP contribution is 2.06. The van der Waals surface area contributed by atoms with Crippen LogP contribution in [0.3, 0.4) is 0 Å². The average Bonchev–Trinajstić information content (AvgIpc) is 2.36. The van der Waals surface area contributed by atoms with Crippen molar-refractivity contribution in [1.29, 1.82) is 0 Å². The Morgan fingerprint density at radius 3 is 2.74 bits per heavy atom. The van der Waals surface area contributed by atoms with Gasteiger partial charge < -0.3 is 5.32 Å². The van der Waals surface area contributed by atoms with Crippen LogP contribution in [0.15, 0.2) is 18.3 Å². The number of rotatable bonds is 8. The first kappa shape index (κ1) is 16.1. The second kappa shape index (κ2) is 7.57. The van der Waals surface area contributed by atoms with E-state index in [1.807, 2.05) is 32.9 Å². The Labute approximate surface area is 115 Å². The molecule has 0 aliphatic heterocycles. The Hall–Kier alpha value is -0.980. The zero-order valence-corrected chi connectivity index (χ0v) is 12.6. The number of nitrogens with zero attached hydrogens (tertiary/aromatic N) is 1. The zero-order valence-electron chi connectivity index (χ0n) is 11.8. The van der Waals surface area contributed by atoms with Crippen molar-refractivity contribution in [3.8, 4) is 0 Å². The molecule has 2 N–H and O–H groups in total. The summed E-state index contributed by atoms with van der Waals surface area (Å²) in [6.45, 7) is 6.72. The van der Waals surface area contributed by atoms with Gasteiger partial charge in [-0.2, -0.15) is 0 Å². The van der Waals surface area contributed by atoms with Gasteiger partial charge in [-0.3, -0.25) is 4.98 Å². The van der Waals surface area contributed by atoms with Gasteiger partial charge in [-0.15, -0.1) is 0 Å². The first-order valence-corrected chi connectivity index (χ1v) is 8.23. The lowest BCUT2D eigenvalue weighted by molar-refractivity contribution is 0.565. The quantitative estimate of drug-likeness (QED) is 0.749. The molecule has 0 bridgehead atoms. The normalized spacial score (nSPS) is 12.0. The predicted molar refractivity (Wildman–Crippen MR) is 77.4 cm³/mol. The van der Waals surface area contributed by atoms with Crippen LogP contribution < -0.4 is 10.0 Å². The first-order chi connectivity index (χ1) is 8.94. The minimum Gasteiger partial charge on any atom is -0.313 e. The largest absolute Gasteiger partial charge is 0.313 e. The number of hydrogen-bond acceptors (Lipinski definition) is 4. The van der Waals surface area contributed by atoms with Crippen molar-refractivity contribution in [3.63, 3.8) is 0 Å². The summed E-state index contributed by atoms with van der Waals surface area (Å²) < 4.78 is 26.2. The molecular weight excluding hydrogens is 262 g/mol. The molecule has 0 aromatic carbocycles. The molecule has 19 heavy (non-hydrogen) atoms. The molecule has 1 rings (SSSR count). The fourth-order valence-corrected chi connectivity index (χ4v) is 2.57. The molecule has 1 heterocycles. The van der Waals surface area contributed by atoms with Crippen LogP contribution in [0.4, 0.5) is 0 Å². The van der Waals surface area contributed by atoms with Crippen molar-refractivity contribution in [2.45, 2.75) is 39.8 Å². The van der Waals surface area contributed by atoms with Gasteiger partial charge in [-0.05, 0) is 18.1 Å². The molecule has 0 aliphatic rings. The van der Waals surface area contributed by atoms with Crippen LogP contribution in [0.1, 0.15) is 32.0 Å². The Kier molecular flexibility index (Phi) is 6.41.